The molecular weight excluding hydrogens is 424 g/mol. The molecule has 0 radical (unpaired) electrons. The van der Waals surface area contributed by atoms with Gasteiger partial charge in [0.05, 0.1) is 16.8 Å². The van der Waals surface area contributed by atoms with Gasteiger partial charge in [-0.05, 0) is 63.3 Å². The number of carbonyl (C=O) groups excluding carboxylic acids is 1. The van der Waals surface area contributed by atoms with Crippen molar-refractivity contribution >= 4 is 32.7 Å². The highest BCUT2D eigenvalue weighted by molar-refractivity contribution is 9.10. The maximum atomic E-state index is 13.1. The number of nitrogens with one attached hydrogen (secondary N) is 1. The fraction of sp³-hybridized carbons (Fsp3) is 0.280. The van der Waals surface area contributed by atoms with Gasteiger partial charge in [0.15, 0.2) is 0 Å². The van der Waals surface area contributed by atoms with Gasteiger partial charge in [-0.15, -0.1) is 0 Å². The van der Waals surface area contributed by atoms with Gasteiger partial charge < -0.3 is 5.32 Å². The Balaban J connectivity index is 1.63. The average Bonchev–Trinajstić information content (AvgIpc) is 2.74. The van der Waals surface area contributed by atoms with Crippen molar-refractivity contribution < 1.29 is 4.79 Å². The Bertz CT molecular complexity index is 1070. The molecular formula is C25H25BrN2O. The summed E-state index contributed by atoms with van der Waals surface area (Å²) in [4.78, 5) is 17.9. The number of halogens is 1. The number of nitrogens with zero attached hydrogens (tertiary/aromatic N) is 1. The summed E-state index contributed by atoms with van der Waals surface area (Å²) >= 11 is 3.52. The average molecular weight is 449 g/mol. The molecule has 1 N–H and O–H groups in total. The van der Waals surface area contributed by atoms with E-state index < -0.39 is 0 Å². The number of amides is 1. The van der Waals surface area contributed by atoms with E-state index in [9.17, 15) is 4.79 Å². The van der Waals surface area contributed by atoms with Crippen molar-refractivity contribution in [3.8, 4) is 11.3 Å². The smallest absolute Gasteiger partial charge is 0.252 e. The molecule has 2 aromatic carbocycles. The molecule has 3 aromatic rings. The van der Waals surface area contributed by atoms with Crippen LogP contribution in [0.25, 0.3) is 22.2 Å². The van der Waals surface area contributed by atoms with E-state index in [4.69, 9.17) is 4.98 Å². The van der Waals surface area contributed by atoms with Gasteiger partial charge in [0, 0.05) is 22.0 Å². The van der Waals surface area contributed by atoms with Crippen LogP contribution in [0.3, 0.4) is 0 Å². The number of rotatable bonds is 5. The molecule has 1 aliphatic carbocycles. The highest BCUT2D eigenvalue weighted by Crippen LogP contribution is 2.27. The topological polar surface area (TPSA) is 42.0 Å². The third kappa shape index (κ3) is 4.76. The second kappa shape index (κ2) is 8.91. The minimum absolute atomic E-state index is 0.0414. The van der Waals surface area contributed by atoms with Crippen LogP contribution in [0.5, 0.6) is 0 Å². The third-order valence-electron chi connectivity index (χ3n) is 5.48. The minimum atomic E-state index is -0.0414. The molecule has 0 aliphatic heterocycles. The molecule has 0 saturated carbocycles. The number of hydrogen-bond donors (Lipinski definition) is 1. The zero-order valence-corrected chi connectivity index (χ0v) is 18.3. The van der Waals surface area contributed by atoms with Gasteiger partial charge in [0.25, 0.3) is 5.91 Å². The maximum absolute atomic E-state index is 13.1. The van der Waals surface area contributed by atoms with E-state index in [2.05, 4.69) is 58.5 Å². The van der Waals surface area contributed by atoms with Crippen molar-refractivity contribution in [1.29, 1.82) is 0 Å². The molecule has 1 amide bonds. The SMILES string of the molecule is Cc1ccc(-c2cc(C(=O)NCCC3=CCCCC3)c3cc(Br)ccc3n2)cc1. The number of fused-ring (bicyclic) bond motifs is 1. The first-order chi connectivity index (χ1) is 14.1. The Morgan fingerprint density at radius 2 is 1.93 bits per heavy atom. The van der Waals surface area contributed by atoms with E-state index in [-0.39, 0.29) is 5.91 Å². The molecule has 1 heterocycles. The fourth-order valence-electron chi connectivity index (χ4n) is 3.82. The molecule has 4 rings (SSSR count). The Hall–Kier alpha value is -2.46. The Morgan fingerprint density at radius 1 is 1.10 bits per heavy atom. The Kier molecular flexibility index (Phi) is 6.10. The molecule has 0 fully saturated rings. The van der Waals surface area contributed by atoms with Crippen molar-refractivity contribution in [3.05, 3.63) is 75.8 Å². The summed E-state index contributed by atoms with van der Waals surface area (Å²) in [6, 6.07) is 16.1. The molecule has 148 valence electrons. The van der Waals surface area contributed by atoms with Crippen molar-refractivity contribution in [3.63, 3.8) is 0 Å². The number of allylic oxidation sites excluding steroid dienone is 1. The van der Waals surface area contributed by atoms with Crippen LogP contribution in [0.4, 0.5) is 0 Å². The highest BCUT2D eigenvalue weighted by atomic mass is 79.9. The molecule has 29 heavy (non-hydrogen) atoms. The lowest BCUT2D eigenvalue weighted by molar-refractivity contribution is 0.0955. The molecule has 0 saturated heterocycles. The van der Waals surface area contributed by atoms with Gasteiger partial charge in [0.1, 0.15) is 0 Å². The summed E-state index contributed by atoms with van der Waals surface area (Å²) in [6.07, 6.45) is 8.16. The summed E-state index contributed by atoms with van der Waals surface area (Å²) in [7, 11) is 0. The summed E-state index contributed by atoms with van der Waals surface area (Å²) < 4.78 is 0.941. The molecule has 3 nitrogen and oxygen atoms in total. The first kappa shape index (κ1) is 19.8. The standard InChI is InChI=1S/C25H25BrN2O/c1-17-7-9-19(10-8-17)24-16-22(21-15-20(26)11-12-23(21)28-24)25(29)27-14-13-18-5-3-2-4-6-18/h5,7-12,15-16H,2-4,6,13-14H2,1H3,(H,27,29). The van der Waals surface area contributed by atoms with E-state index in [1.54, 1.807) is 0 Å². The highest BCUT2D eigenvalue weighted by Gasteiger charge is 2.15. The van der Waals surface area contributed by atoms with E-state index in [0.717, 1.165) is 33.1 Å². The monoisotopic (exact) mass is 448 g/mol. The van der Waals surface area contributed by atoms with E-state index in [1.165, 1.54) is 36.8 Å². The summed E-state index contributed by atoms with van der Waals surface area (Å²) in [5.41, 5.74) is 6.00. The number of hydrogen-bond acceptors (Lipinski definition) is 2. The normalized spacial score (nSPS) is 13.9. The second-order valence-electron chi connectivity index (χ2n) is 7.70. The number of pyridine rings is 1. The first-order valence-electron chi connectivity index (χ1n) is 10.2. The Morgan fingerprint density at radius 3 is 2.69 bits per heavy atom. The van der Waals surface area contributed by atoms with Crippen LogP contribution in [-0.2, 0) is 0 Å². The third-order valence-corrected chi connectivity index (χ3v) is 5.97. The van der Waals surface area contributed by atoms with Gasteiger partial charge in [-0.25, -0.2) is 4.98 Å². The van der Waals surface area contributed by atoms with E-state index >= 15 is 0 Å². The van der Waals surface area contributed by atoms with Crippen molar-refractivity contribution in [2.45, 2.75) is 39.0 Å². The summed E-state index contributed by atoms with van der Waals surface area (Å²) in [5, 5.41) is 3.99. The van der Waals surface area contributed by atoms with E-state index in [0.29, 0.717) is 12.1 Å². The number of aryl methyl sites for hydroxylation is 1. The van der Waals surface area contributed by atoms with Crippen molar-refractivity contribution in [2.75, 3.05) is 6.54 Å². The van der Waals surface area contributed by atoms with Crippen LogP contribution in [0.15, 0.2) is 64.7 Å². The summed E-state index contributed by atoms with van der Waals surface area (Å²) in [6.45, 7) is 2.73. The number of aromatic nitrogens is 1. The largest absolute Gasteiger partial charge is 0.352 e. The number of carbonyl (C=O) groups is 1. The van der Waals surface area contributed by atoms with Crippen LogP contribution >= 0.6 is 15.9 Å². The minimum Gasteiger partial charge on any atom is -0.352 e. The fourth-order valence-corrected chi connectivity index (χ4v) is 4.18. The lowest BCUT2D eigenvalue weighted by Gasteiger charge is -2.14. The van der Waals surface area contributed by atoms with Crippen LogP contribution < -0.4 is 5.32 Å². The lowest BCUT2D eigenvalue weighted by atomic mass is 9.97. The van der Waals surface area contributed by atoms with Gasteiger partial charge in [-0.3, -0.25) is 4.79 Å². The molecule has 1 aliphatic rings. The molecule has 1 aromatic heterocycles. The molecule has 0 spiro atoms. The van der Waals surface area contributed by atoms with Crippen LogP contribution in [0.2, 0.25) is 0 Å². The quantitative estimate of drug-likeness (QED) is 0.447. The van der Waals surface area contributed by atoms with Crippen molar-refractivity contribution in [1.82, 2.24) is 10.3 Å². The van der Waals surface area contributed by atoms with Gasteiger partial charge in [-0.2, -0.15) is 0 Å². The number of benzene rings is 2. The molecule has 0 atom stereocenters. The van der Waals surface area contributed by atoms with Crippen LogP contribution in [-0.4, -0.2) is 17.4 Å². The zero-order valence-electron chi connectivity index (χ0n) is 16.7. The van der Waals surface area contributed by atoms with Crippen LogP contribution in [0.1, 0.15) is 48.0 Å². The van der Waals surface area contributed by atoms with Gasteiger partial charge in [-0.1, -0.05) is 57.4 Å². The predicted octanol–water partition coefficient (Wildman–Crippen LogP) is 6.59. The van der Waals surface area contributed by atoms with Gasteiger partial charge >= 0.3 is 0 Å². The summed E-state index contributed by atoms with van der Waals surface area (Å²) in [5.74, 6) is -0.0414. The first-order valence-corrected chi connectivity index (χ1v) is 11.0. The Labute approximate surface area is 180 Å². The predicted molar refractivity (Wildman–Crippen MR) is 123 cm³/mol. The maximum Gasteiger partial charge on any atom is 0.252 e. The zero-order chi connectivity index (χ0) is 20.2. The van der Waals surface area contributed by atoms with Gasteiger partial charge in [0.2, 0.25) is 0 Å². The molecule has 0 unspecified atom stereocenters. The lowest BCUT2D eigenvalue weighted by Crippen LogP contribution is -2.25. The molecule has 0 bridgehead atoms. The van der Waals surface area contributed by atoms with Crippen LogP contribution in [0, 0.1) is 6.92 Å². The second-order valence-corrected chi connectivity index (χ2v) is 8.61. The van der Waals surface area contributed by atoms with Crippen molar-refractivity contribution in [2.24, 2.45) is 0 Å². The van der Waals surface area contributed by atoms with E-state index in [1.807, 2.05) is 24.3 Å². The molecule has 4 heteroatoms.